The third-order valence-electron chi connectivity index (χ3n) is 2.36. The van der Waals surface area contributed by atoms with E-state index in [1.165, 1.54) is 7.11 Å². The van der Waals surface area contributed by atoms with Crippen LogP contribution in [0.2, 0.25) is 0 Å². The molecule has 1 aromatic carbocycles. The van der Waals surface area contributed by atoms with Crippen LogP contribution in [0.1, 0.15) is 12.0 Å². The minimum absolute atomic E-state index is 0.174. The standard InChI is InChI=1S/C15H19NO3S/c1-18-15(17)8-11-20-12-10-19-14-6-4-13(5-7-14)3-2-9-16/h4-7H,8-12,16H2,1H3. The van der Waals surface area contributed by atoms with E-state index in [0.717, 1.165) is 22.8 Å². The van der Waals surface area contributed by atoms with Crippen molar-refractivity contribution in [2.75, 3.05) is 31.8 Å². The minimum atomic E-state index is -0.174. The van der Waals surface area contributed by atoms with Crippen molar-refractivity contribution in [3.05, 3.63) is 29.8 Å². The molecule has 0 atom stereocenters. The van der Waals surface area contributed by atoms with Crippen LogP contribution < -0.4 is 10.5 Å². The first-order valence-corrected chi connectivity index (χ1v) is 7.48. The van der Waals surface area contributed by atoms with E-state index >= 15 is 0 Å². The Kier molecular flexibility index (Phi) is 8.36. The van der Waals surface area contributed by atoms with Crippen LogP contribution in [0.25, 0.3) is 0 Å². The minimum Gasteiger partial charge on any atom is -0.493 e. The van der Waals surface area contributed by atoms with Gasteiger partial charge in [-0.25, -0.2) is 0 Å². The molecule has 4 nitrogen and oxygen atoms in total. The summed E-state index contributed by atoms with van der Waals surface area (Å²) in [6.07, 6.45) is 0.440. The average Bonchev–Trinajstić information content (AvgIpc) is 2.49. The molecule has 0 saturated carbocycles. The third-order valence-corrected chi connectivity index (χ3v) is 3.31. The molecule has 0 bridgehead atoms. The molecule has 0 heterocycles. The summed E-state index contributed by atoms with van der Waals surface area (Å²) in [6, 6.07) is 7.59. The van der Waals surface area contributed by atoms with E-state index < -0.39 is 0 Å². The highest BCUT2D eigenvalue weighted by molar-refractivity contribution is 7.99. The molecule has 1 aromatic rings. The maximum atomic E-state index is 10.9. The Morgan fingerprint density at radius 1 is 1.30 bits per heavy atom. The lowest BCUT2D eigenvalue weighted by Gasteiger charge is -2.05. The second-order valence-corrected chi connectivity index (χ2v) is 5.04. The van der Waals surface area contributed by atoms with Crippen molar-refractivity contribution in [2.24, 2.45) is 5.73 Å². The monoisotopic (exact) mass is 293 g/mol. The predicted molar refractivity (Wildman–Crippen MR) is 81.8 cm³/mol. The van der Waals surface area contributed by atoms with Gasteiger partial charge in [-0.05, 0) is 24.3 Å². The Bertz CT molecular complexity index is 462. The first-order chi connectivity index (χ1) is 9.76. The number of carbonyl (C=O) groups is 1. The average molecular weight is 293 g/mol. The van der Waals surface area contributed by atoms with Crippen molar-refractivity contribution in [3.63, 3.8) is 0 Å². The molecule has 5 heteroatoms. The van der Waals surface area contributed by atoms with Crippen LogP contribution in [0.3, 0.4) is 0 Å². The lowest BCUT2D eigenvalue weighted by Crippen LogP contribution is -2.04. The quantitative estimate of drug-likeness (QED) is 0.471. The molecule has 1 rings (SSSR count). The maximum Gasteiger partial charge on any atom is 0.306 e. The summed E-state index contributed by atoms with van der Waals surface area (Å²) < 4.78 is 10.2. The first kappa shape index (κ1) is 16.4. The van der Waals surface area contributed by atoms with Crippen molar-refractivity contribution in [2.45, 2.75) is 6.42 Å². The first-order valence-electron chi connectivity index (χ1n) is 6.32. The number of methoxy groups -OCH3 is 1. The zero-order valence-corrected chi connectivity index (χ0v) is 12.4. The van der Waals surface area contributed by atoms with Crippen LogP contribution in [-0.4, -0.2) is 37.7 Å². The van der Waals surface area contributed by atoms with E-state index in [1.807, 2.05) is 24.3 Å². The molecule has 0 saturated heterocycles. The highest BCUT2D eigenvalue weighted by Crippen LogP contribution is 2.12. The van der Waals surface area contributed by atoms with E-state index in [0.29, 0.717) is 19.6 Å². The van der Waals surface area contributed by atoms with E-state index in [4.69, 9.17) is 10.5 Å². The Balaban J connectivity index is 2.17. The molecule has 2 N–H and O–H groups in total. The highest BCUT2D eigenvalue weighted by Gasteiger charge is 1.99. The van der Waals surface area contributed by atoms with Crippen LogP contribution in [0.15, 0.2) is 24.3 Å². The van der Waals surface area contributed by atoms with Crippen LogP contribution in [0.4, 0.5) is 0 Å². The molecule has 0 aliphatic heterocycles. The fourth-order valence-corrected chi connectivity index (χ4v) is 2.08. The molecule has 0 aliphatic rings. The number of hydrogen-bond acceptors (Lipinski definition) is 5. The number of rotatable bonds is 7. The largest absolute Gasteiger partial charge is 0.493 e. The van der Waals surface area contributed by atoms with E-state index in [1.54, 1.807) is 11.8 Å². The molecule has 0 aliphatic carbocycles. The number of ether oxygens (including phenoxy) is 2. The SMILES string of the molecule is COC(=O)CCSCCOc1ccc(C#CCN)cc1. The molecule has 108 valence electrons. The zero-order chi connectivity index (χ0) is 14.6. The fraction of sp³-hybridized carbons (Fsp3) is 0.400. The number of thioether (sulfide) groups is 1. The van der Waals surface area contributed by atoms with Crippen molar-refractivity contribution in [1.82, 2.24) is 0 Å². The van der Waals surface area contributed by atoms with Crippen LogP contribution in [-0.2, 0) is 9.53 Å². The normalized spacial score (nSPS) is 9.50. The van der Waals surface area contributed by atoms with Gasteiger partial charge in [0, 0.05) is 17.1 Å². The lowest BCUT2D eigenvalue weighted by atomic mass is 10.2. The fourth-order valence-electron chi connectivity index (χ4n) is 1.37. The maximum absolute atomic E-state index is 10.9. The van der Waals surface area contributed by atoms with Gasteiger partial charge in [0.05, 0.1) is 26.7 Å². The number of esters is 1. The van der Waals surface area contributed by atoms with Crippen LogP contribution in [0.5, 0.6) is 5.75 Å². The van der Waals surface area contributed by atoms with Gasteiger partial charge in [0.25, 0.3) is 0 Å². The predicted octanol–water partition coefficient (Wildman–Crippen LogP) is 1.67. The summed E-state index contributed by atoms with van der Waals surface area (Å²) in [4.78, 5) is 10.9. The summed E-state index contributed by atoms with van der Waals surface area (Å²) in [5, 5.41) is 0. The smallest absolute Gasteiger partial charge is 0.306 e. The third kappa shape index (κ3) is 7.07. The molecule has 0 amide bonds. The van der Waals surface area contributed by atoms with Crippen LogP contribution >= 0.6 is 11.8 Å². The summed E-state index contributed by atoms with van der Waals surface area (Å²) in [7, 11) is 1.40. The van der Waals surface area contributed by atoms with Crippen molar-refractivity contribution >= 4 is 17.7 Å². The Hall–Kier alpha value is -1.64. The summed E-state index contributed by atoms with van der Waals surface area (Å²) >= 11 is 1.67. The molecule has 0 aromatic heterocycles. The van der Waals surface area contributed by atoms with Gasteiger partial charge >= 0.3 is 5.97 Å². The Morgan fingerprint density at radius 3 is 2.70 bits per heavy atom. The highest BCUT2D eigenvalue weighted by atomic mass is 32.2. The zero-order valence-electron chi connectivity index (χ0n) is 11.6. The molecule has 0 fully saturated rings. The second-order valence-electron chi connectivity index (χ2n) is 3.82. The number of nitrogens with two attached hydrogens (primary N) is 1. The molecular weight excluding hydrogens is 274 g/mol. The van der Waals surface area contributed by atoms with Gasteiger partial charge in [0.2, 0.25) is 0 Å². The summed E-state index contributed by atoms with van der Waals surface area (Å²) in [6.45, 7) is 0.973. The van der Waals surface area contributed by atoms with Crippen molar-refractivity contribution in [3.8, 4) is 17.6 Å². The second kappa shape index (κ2) is 10.2. The number of carbonyl (C=O) groups excluding carboxylic acids is 1. The van der Waals surface area contributed by atoms with Crippen molar-refractivity contribution < 1.29 is 14.3 Å². The van der Waals surface area contributed by atoms with E-state index in [-0.39, 0.29) is 5.97 Å². The molecule has 0 radical (unpaired) electrons. The number of hydrogen-bond donors (Lipinski definition) is 1. The van der Waals surface area contributed by atoms with Gasteiger partial charge in [-0.2, -0.15) is 11.8 Å². The van der Waals surface area contributed by atoms with E-state index in [9.17, 15) is 4.79 Å². The topological polar surface area (TPSA) is 61.5 Å². The molecule has 20 heavy (non-hydrogen) atoms. The summed E-state index contributed by atoms with van der Waals surface area (Å²) in [5.41, 5.74) is 6.24. The molecular formula is C15H19NO3S. The Labute approximate surface area is 124 Å². The van der Waals surface area contributed by atoms with Gasteiger partial charge in [-0.15, -0.1) is 0 Å². The molecule has 0 spiro atoms. The lowest BCUT2D eigenvalue weighted by molar-refractivity contribution is -0.140. The van der Waals surface area contributed by atoms with Gasteiger partial charge < -0.3 is 15.2 Å². The van der Waals surface area contributed by atoms with E-state index in [2.05, 4.69) is 16.6 Å². The molecule has 0 unspecified atom stereocenters. The summed E-state index contributed by atoms with van der Waals surface area (Å²) in [5.74, 6) is 7.99. The van der Waals surface area contributed by atoms with Gasteiger partial charge in [0.15, 0.2) is 0 Å². The van der Waals surface area contributed by atoms with Crippen LogP contribution in [0, 0.1) is 11.8 Å². The Morgan fingerprint density at radius 2 is 2.05 bits per heavy atom. The van der Waals surface area contributed by atoms with Gasteiger partial charge in [0.1, 0.15) is 5.75 Å². The van der Waals surface area contributed by atoms with Gasteiger partial charge in [-0.1, -0.05) is 11.8 Å². The van der Waals surface area contributed by atoms with Crippen molar-refractivity contribution in [1.29, 1.82) is 0 Å². The van der Waals surface area contributed by atoms with Gasteiger partial charge in [-0.3, -0.25) is 4.79 Å². The number of benzene rings is 1.